The van der Waals surface area contributed by atoms with Crippen LogP contribution in [-0.2, 0) is 16.4 Å². The molecule has 0 fully saturated rings. The average molecular weight is 459 g/mol. The highest BCUT2D eigenvalue weighted by Gasteiger charge is 2.12. The van der Waals surface area contributed by atoms with Crippen molar-refractivity contribution in [3.63, 3.8) is 0 Å². The number of benzene rings is 2. The van der Waals surface area contributed by atoms with Gasteiger partial charge in [-0.1, -0.05) is 76.8 Å². The van der Waals surface area contributed by atoms with E-state index in [9.17, 15) is 8.42 Å². The Kier molecular flexibility index (Phi) is 11.9. The molecule has 0 aromatic heterocycles. The Morgan fingerprint density at radius 2 is 1.38 bits per heavy atom. The molecule has 176 valence electrons. The van der Waals surface area contributed by atoms with Crippen LogP contribution in [0.1, 0.15) is 82.3 Å². The molecular weight excluding hydrogens is 420 g/mol. The largest absolute Gasteiger partial charge is 0.497 e. The van der Waals surface area contributed by atoms with Crippen LogP contribution in [0.2, 0.25) is 0 Å². The fourth-order valence-corrected chi connectivity index (χ4v) is 4.36. The number of ether oxygens (including phenoxy) is 1. The zero-order valence-corrected chi connectivity index (χ0v) is 20.4. The van der Waals surface area contributed by atoms with E-state index in [0.717, 1.165) is 24.2 Å². The van der Waals surface area contributed by atoms with E-state index in [1.165, 1.54) is 69.6 Å². The van der Waals surface area contributed by atoms with Gasteiger partial charge in [0.25, 0.3) is 10.0 Å². The SMILES string of the molecule is CCCCCCCCCCCCc1ccc(S(=O)(=O)NN=Cc2ccc(OC)cc2)cc1. The van der Waals surface area contributed by atoms with Crippen LogP contribution < -0.4 is 9.57 Å². The number of hydrazone groups is 1. The summed E-state index contributed by atoms with van der Waals surface area (Å²) in [6.07, 6.45) is 15.6. The van der Waals surface area contributed by atoms with Gasteiger partial charge in [0.2, 0.25) is 0 Å². The van der Waals surface area contributed by atoms with E-state index in [4.69, 9.17) is 4.74 Å². The molecule has 2 aromatic carbocycles. The molecule has 0 saturated carbocycles. The van der Waals surface area contributed by atoms with E-state index in [1.54, 1.807) is 43.5 Å². The summed E-state index contributed by atoms with van der Waals surface area (Å²) in [7, 11) is -2.08. The van der Waals surface area contributed by atoms with Gasteiger partial charge in [-0.05, 0) is 60.4 Å². The van der Waals surface area contributed by atoms with Gasteiger partial charge in [0, 0.05) is 0 Å². The van der Waals surface area contributed by atoms with Crippen molar-refractivity contribution in [3.8, 4) is 5.75 Å². The van der Waals surface area contributed by atoms with E-state index >= 15 is 0 Å². The molecule has 0 aliphatic heterocycles. The third kappa shape index (κ3) is 9.86. The number of rotatable bonds is 16. The highest BCUT2D eigenvalue weighted by atomic mass is 32.2. The number of methoxy groups -OCH3 is 1. The van der Waals surface area contributed by atoms with Crippen molar-refractivity contribution in [1.29, 1.82) is 0 Å². The molecule has 0 aliphatic carbocycles. The van der Waals surface area contributed by atoms with Gasteiger partial charge in [-0.25, -0.2) is 4.83 Å². The number of nitrogens with one attached hydrogen (secondary N) is 1. The molecule has 6 heteroatoms. The van der Waals surface area contributed by atoms with Crippen molar-refractivity contribution < 1.29 is 13.2 Å². The van der Waals surface area contributed by atoms with Crippen LogP contribution in [-0.4, -0.2) is 21.7 Å². The Morgan fingerprint density at radius 3 is 1.94 bits per heavy atom. The maximum Gasteiger partial charge on any atom is 0.276 e. The molecule has 0 saturated heterocycles. The minimum atomic E-state index is -3.68. The van der Waals surface area contributed by atoms with E-state index in [2.05, 4.69) is 16.9 Å². The molecule has 1 N–H and O–H groups in total. The summed E-state index contributed by atoms with van der Waals surface area (Å²) in [5, 5.41) is 3.87. The first-order valence-electron chi connectivity index (χ1n) is 11.8. The molecule has 0 atom stereocenters. The second-order valence-electron chi connectivity index (χ2n) is 8.20. The molecular formula is C26H38N2O3S. The monoisotopic (exact) mass is 458 g/mol. The van der Waals surface area contributed by atoms with Crippen molar-refractivity contribution in [3.05, 3.63) is 59.7 Å². The third-order valence-electron chi connectivity index (χ3n) is 5.55. The Balaban J connectivity index is 1.68. The summed E-state index contributed by atoms with van der Waals surface area (Å²) in [4.78, 5) is 2.49. The third-order valence-corrected chi connectivity index (χ3v) is 6.79. The van der Waals surface area contributed by atoms with Crippen LogP contribution in [0.25, 0.3) is 0 Å². The predicted octanol–water partition coefficient (Wildman–Crippen LogP) is 6.47. The van der Waals surface area contributed by atoms with Crippen molar-refractivity contribution >= 4 is 16.2 Å². The van der Waals surface area contributed by atoms with Crippen LogP contribution in [0, 0.1) is 0 Å². The Labute approximate surface area is 194 Å². The first-order valence-corrected chi connectivity index (χ1v) is 13.3. The van der Waals surface area contributed by atoms with Crippen molar-refractivity contribution in [1.82, 2.24) is 4.83 Å². The summed E-state index contributed by atoms with van der Waals surface area (Å²) in [6.45, 7) is 2.25. The van der Waals surface area contributed by atoms with Crippen molar-refractivity contribution in [2.24, 2.45) is 5.10 Å². The maximum absolute atomic E-state index is 12.4. The second-order valence-corrected chi connectivity index (χ2v) is 9.86. The normalized spacial score (nSPS) is 11.7. The predicted molar refractivity (Wildman–Crippen MR) is 133 cm³/mol. The van der Waals surface area contributed by atoms with Crippen molar-refractivity contribution in [2.75, 3.05) is 7.11 Å². The van der Waals surface area contributed by atoms with Gasteiger partial charge >= 0.3 is 0 Å². The molecule has 5 nitrogen and oxygen atoms in total. The van der Waals surface area contributed by atoms with Crippen molar-refractivity contribution in [2.45, 2.75) is 82.4 Å². The molecule has 0 amide bonds. The molecule has 0 radical (unpaired) electrons. The van der Waals surface area contributed by atoms with E-state index in [0.29, 0.717) is 0 Å². The smallest absolute Gasteiger partial charge is 0.276 e. The maximum atomic E-state index is 12.4. The number of sulfonamides is 1. The van der Waals surface area contributed by atoms with Crippen LogP contribution in [0.5, 0.6) is 5.75 Å². The Morgan fingerprint density at radius 1 is 0.812 bits per heavy atom. The standard InChI is InChI=1S/C26H38N2O3S/c1-3-4-5-6-7-8-9-10-11-12-13-23-16-20-26(21-17-23)32(29,30)28-27-22-24-14-18-25(31-2)19-15-24/h14-22,28H,3-13H2,1-2H3. The lowest BCUT2D eigenvalue weighted by atomic mass is 10.0. The molecule has 0 heterocycles. The zero-order valence-electron chi connectivity index (χ0n) is 19.6. The number of hydrogen-bond acceptors (Lipinski definition) is 4. The van der Waals surface area contributed by atoms with Crippen LogP contribution in [0.15, 0.2) is 58.5 Å². The van der Waals surface area contributed by atoms with Gasteiger partial charge < -0.3 is 4.74 Å². The van der Waals surface area contributed by atoms with Gasteiger partial charge in [0.15, 0.2) is 0 Å². The van der Waals surface area contributed by atoms with Gasteiger partial charge in [0.1, 0.15) is 5.75 Å². The molecule has 32 heavy (non-hydrogen) atoms. The Bertz CT molecular complexity index is 892. The molecule has 0 aliphatic rings. The minimum absolute atomic E-state index is 0.219. The summed E-state index contributed by atoms with van der Waals surface area (Å²) >= 11 is 0. The fourth-order valence-electron chi connectivity index (χ4n) is 3.56. The lowest BCUT2D eigenvalue weighted by Gasteiger charge is -2.06. The van der Waals surface area contributed by atoms with Gasteiger partial charge in [0.05, 0.1) is 18.2 Å². The minimum Gasteiger partial charge on any atom is -0.497 e. The lowest BCUT2D eigenvalue weighted by Crippen LogP contribution is -2.18. The summed E-state index contributed by atoms with van der Waals surface area (Å²) in [6, 6.07) is 14.3. The quantitative estimate of drug-likeness (QED) is 0.178. The number of nitrogens with zero attached hydrogens (tertiary/aromatic N) is 1. The Hall–Kier alpha value is -2.34. The zero-order chi connectivity index (χ0) is 23.1. The number of aryl methyl sites for hydroxylation is 1. The second kappa shape index (κ2) is 14.7. The molecule has 2 rings (SSSR count). The van der Waals surface area contributed by atoms with Gasteiger partial charge in [-0.2, -0.15) is 13.5 Å². The molecule has 0 unspecified atom stereocenters. The first-order chi connectivity index (χ1) is 15.5. The topological polar surface area (TPSA) is 67.8 Å². The highest BCUT2D eigenvalue weighted by molar-refractivity contribution is 7.89. The number of hydrogen-bond donors (Lipinski definition) is 1. The molecule has 2 aromatic rings. The lowest BCUT2D eigenvalue weighted by molar-refractivity contribution is 0.415. The fraction of sp³-hybridized carbons (Fsp3) is 0.500. The van der Waals surface area contributed by atoms with E-state index in [1.807, 2.05) is 12.1 Å². The van der Waals surface area contributed by atoms with E-state index < -0.39 is 10.0 Å². The van der Waals surface area contributed by atoms with Crippen LogP contribution in [0.3, 0.4) is 0 Å². The summed E-state index contributed by atoms with van der Waals surface area (Å²) < 4.78 is 30.0. The summed E-state index contributed by atoms with van der Waals surface area (Å²) in [5.74, 6) is 0.737. The van der Waals surface area contributed by atoms with Crippen LogP contribution in [0.4, 0.5) is 0 Å². The molecule has 0 spiro atoms. The first kappa shape index (κ1) is 25.9. The van der Waals surface area contributed by atoms with Crippen LogP contribution >= 0.6 is 0 Å². The summed E-state index contributed by atoms with van der Waals surface area (Å²) in [5.41, 5.74) is 1.95. The van der Waals surface area contributed by atoms with Gasteiger partial charge in [-0.3, -0.25) is 0 Å². The van der Waals surface area contributed by atoms with E-state index in [-0.39, 0.29) is 4.90 Å². The number of unbranched alkanes of at least 4 members (excludes halogenated alkanes) is 9. The van der Waals surface area contributed by atoms with Gasteiger partial charge in [-0.15, -0.1) is 0 Å². The average Bonchev–Trinajstić information content (AvgIpc) is 2.81. The highest BCUT2D eigenvalue weighted by Crippen LogP contribution is 2.15. The molecule has 0 bridgehead atoms.